The lowest BCUT2D eigenvalue weighted by molar-refractivity contribution is 0.102. The zero-order chi connectivity index (χ0) is 18.7. The van der Waals surface area contributed by atoms with Crippen LogP contribution in [0.25, 0.3) is 0 Å². The summed E-state index contributed by atoms with van der Waals surface area (Å²) in [6.45, 7) is 2.20. The lowest BCUT2D eigenvalue weighted by atomic mass is 10.1. The van der Waals surface area contributed by atoms with Crippen LogP contribution < -0.4 is 10.1 Å². The highest BCUT2D eigenvalue weighted by Crippen LogP contribution is 2.22. The molecule has 0 unspecified atom stereocenters. The van der Waals surface area contributed by atoms with E-state index in [-0.39, 0.29) is 11.7 Å². The van der Waals surface area contributed by atoms with Crippen molar-refractivity contribution in [2.75, 3.05) is 12.4 Å². The van der Waals surface area contributed by atoms with Gasteiger partial charge in [-0.2, -0.15) is 5.10 Å². The number of hydrogen-bond acceptors (Lipinski definition) is 3. The molecule has 0 aliphatic rings. The van der Waals surface area contributed by atoms with Crippen LogP contribution in [0, 0.1) is 12.7 Å². The van der Waals surface area contributed by atoms with Crippen LogP contribution in [0.5, 0.6) is 5.75 Å². The quantitative estimate of drug-likeness (QED) is 0.725. The van der Waals surface area contributed by atoms with Gasteiger partial charge in [0.15, 0.2) is 0 Å². The van der Waals surface area contributed by atoms with Gasteiger partial charge in [0.05, 0.1) is 25.5 Å². The summed E-state index contributed by atoms with van der Waals surface area (Å²) in [6, 6.07) is 9.51. The number of aromatic nitrogens is 2. The Bertz CT molecular complexity index is 956. The van der Waals surface area contributed by atoms with Gasteiger partial charge in [-0.1, -0.05) is 23.7 Å². The first-order valence-electron chi connectivity index (χ1n) is 7.89. The number of anilines is 1. The van der Waals surface area contributed by atoms with Crippen molar-refractivity contribution in [1.82, 2.24) is 9.78 Å². The largest absolute Gasteiger partial charge is 0.496 e. The van der Waals surface area contributed by atoms with Gasteiger partial charge >= 0.3 is 0 Å². The maximum absolute atomic E-state index is 13.1. The molecule has 0 bridgehead atoms. The van der Waals surface area contributed by atoms with Gasteiger partial charge < -0.3 is 10.1 Å². The molecule has 0 spiro atoms. The zero-order valence-electron chi connectivity index (χ0n) is 14.3. The van der Waals surface area contributed by atoms with Gasteiger partial charge in [0.25, 0.3) is 5.91 Å². The van der Waals surface area contributed by atoms with E-state index in [2.05, 4.69) is 10.4 Å². The van der Waals surface area contributed by atoms with Crippen molar-refractivity contribution in [2.45, 2.75) is 13.5 Å². The second-order valence-corrected chi connectivity index (χ2v) is 6.16. The number of methoxy groups -OCH3 is 1. The Labute approximate surface area is 155 Å². The third kappa shape index (κ3) is 3.86. The first kappa shape index (κ1) is 17.9. The van der Waals surface area contributed by atoms with Gasteiger partial charge in [0.2, 0.25) is 0 Å². The molecule has 0 aliphatic heterocycles. The number of hydrogen-bond donors (Lipinski definition) is 1. The highest BCUT2D eigenvalue weighted by Gasteiger charge is 2.13. The van der Waals surface area contributed by atoms with Gasteiger partial charge in [-0.25, -0.2) is 4.39 Å². The minimum atomic E-state index is -0.388. The molecule has 1 N–H and O–H groups in total. The predicted molar refractivity (Wildman–Crippen MR) is 98.4 cm³/mol. The number of nitrogens with zero attached hydrogens (tertiary/aromatic N) is 2. The van der Waals surface area contributed by atoms with Gasteiger partial charge in [-0.3, -0.25) is 9.48 Å². The standard InChI is InChI=1S/C19H17ClFN3O2/c1-12-16(4-3-5-18(12)26-2)19(25)23-15-9-22-24(11-15)10-13-6-7-14(21)8-17(13)20/h3-9,11H,10H2,1-2H3,(H,23,25). The maximum atomic E-state index is 13.1. The number of carbonyl (C=O) groups is 1. The number of halogens is 2. The minimum Gasteiger partial charge on any atom is -0.496 e. The molecule has 3 rings (SSSR count). The molecule has 3 aromatic rings. The smallest absolute Gasteiger partial charge is 0.256 e. The molecular formula is C19H17ClFN3O2. The molecular weight excluding hydrogens is 357 g/mol. The average Bonchev–Trinajstić information content (AvgIpc) is 3.04. The van der Waals surface area contributed by atoms with E-state index in [0.717, 1.165) is 11.1 Å². The van der Waals surface area contributed by atoms with E-state index in [0.29, 0.717) is 28.6 Å². The second-order valence-electron chi connectivity index (χ2n) is 5.75. The first-order valence-corrected chi connectivity index (χ1v) is 8.27. The third-order valence-electron chi connectivity index (χ3n) is 3.99. The summed E-state index contributed by atoms with van der Waals surface area (Å²) < 4.78 is 20.0. The van der Waals surface area contributed by atoms with Crippen LogP contribution in [0.15, 0.2) is 48.8 Å². The molecule has 7 heteroatoms. The third-order valence-corrected chi connectivity index (χ3v) is 4.34. The molecule has 0 aliphatic carbocycles. The predicted octanol–water partition coefficient (Wildman–Crippen LogP) is 4.29. The number of nitrogens with one attached hydrogen (secondary N) is 1. The Balaban J connectivity index is 1.73. The molecule has 0 atom stereocenters. The zero-order valence-corrected chi connectivity index (χ0v) is 15.0. The lowest BCUT2D eigenvalue weighted by Gasteiger charge is -2.09. The molecule has 134 valence electrons. The molecule has 0 saturated carbocycles. The Hall–Kier alpha value is -2.86. The Morgan fingerprint density at radius 2 is 2.15 bits per heavy atom. The molecule has 0 radical (unpaired) electrons. The Morgan fingerprint density at radius 1 is 1.35 bits per heavy atom. The van der Waals surface area contributed by atoms with Crippen LogP contribution in [0.2, 0.25) is 5.02 Å². The molecule has 1 amide bonds. The van der Waals surface area contributed by atoms with Crippen molar-refractivity contribution in [3.8, 4) is 5.75 Å². The minimum absolute atomic E-state index is 0.249. The van der Waals surface area contributed by atoms with Crippen molar-refractivity contribution in [3.05, 3.63) is 76.3 Å². The lowest BCUT2D eigenvalue weighted by Crippen LogP contribution is -2.13. The molecule has 1 aromatic heterocycles. The van der Waals surface area contributed by atoms with Crippen LogP contribution in [0.3, 0.4) is 0 Å². The van der Waals surface area contributed by atoms with E-state index < -0.39 is 0 Å². The van der Waals surface area contributed by atoms with Crippen molar-refractivity contribution in [1.29, 1.82) is 0 Å². The first-order chi connectivity index (χ1) is 12.5. The van der Waals surface area contributed by atoms with E-state index >= 15 is 0 Å². The highest BCUT2D eigenvalue weighted by molar-refractivity contribution is 6.31. The molecule has 2 aromatic carbocycles. The summed E-state index contributed by atoms with van der Waals surface area (Å²) in [5, 5.41) is 7.34. The van der Waals surface area contributed by atoms with Crippen LogP contribution in [-0.4, -0.2) is 22.8 Å². The number of ether oxygens (including phenoxy) is 1. The summed E-state index contributed by atoms with van der Waals surface area (Å²) in [7, 11) is 1.56. The molecule has 1 heterocycles. The summed E-state index contributed by atoms with van der Waals surface area (Å²) >= 11 is 6.03. The van der Waals surface area contributed by atoms with E-state index in [1.165, 1.54) is 12.1 Å². The summed E-state index contributed by atoms with van der Waals surface area (Å²) in [5.74, 6) is 0.0147. The summed E-state index contributed by atoms with van der Waals surface area (Å²) in [5.41, 5.74) is 2.57. The fourth-order valence-electron chi connectivity index (χ4n) is 2.62. The van der Waals surface area contributed by atoms with E-state index in [9.17, 15) is 9.18 Å². The number of rotatable bonds is 5. The second kappa shape index (κ2) is 7.58. The molecule has 26 heavy (non-hydrogen) atoms. The highest BCUT2D eigenvalue weighted by atomic mass is 35.5. The number of amides is 1. The fourth-order valence-corrected chi connectivity index (χ4v) is 2.85. The maximum Gasteiger partial charge on any atom is 0.256 e. The summed E-state index contributed by atoms with van der Waals surface area (Å²) in [4.78, 5) is 12.5. The van der Waals surface area contributed by atoms with E-state index in [1.54, 1.807) is 48.5 Å². The molecule has 0 fully saturated rings. The van der Waals surface area contributed by atoms with Gasteiger partial charge in [-0.15, -0.1) is 0 Å². The van der Waals surface area contributed by atoms with Crippen LogP contribution in [0.4, 0.5) is 10.1 Å². The van der Waals surface area contributed by atoms with Crippen LogP contribution in [-0.2, 0) is 6.54 Å². The van der Waals surface area contributed by atoms with E-state index in [1.807, 2.05) is 6.92 Å². The fraction of sp³-hybridized carbons (Fsp3) is 0.158. The summed E-state index contributed by atoms with van der Waals surface area (Å²) in [6.07, 6.45) is 3.23. The van der Waals surface area contributed by atoms with Gasteiger partial charge in [-0.05, 0) is 36.8 Å². The Kier molecular flexibility index (Phi) is 5.23. The van der Waals surface area contributed by atoms with Crippen LogP contribution in [0.1, 0.15) is 21.5 Å². The average molecular weight is 374 g/mol. The van der Waals surface area contributed by atoms with Crippen molar-refractivity contribution in [3.63, 3.8) is 0 Å². The topological polar surface area (TPSA) is 56.1 Å². The molecule has 5 nitrogen and oxygen atoms in total. The number of carbonyl (C=O) groups excluding carboxylic acids is 1. The normalized spacial score (nSPS) is 10.6. The van der Waals surface area contributed by atoms with Crippen LogP contribution >= 0.6 is 11.6 Å². The van der Waals surface area contributed by atoms with E-state index in [4.69, 9.17) is 16.3 Å². The SMILES string of the molecule is COc1cccc(C(=O)Nc2cnn(Cc3ccc(F)cc3Cl)c2)c1C. The van der Waals surface area contributed by atoms with Crippen molar-refractivity contribution in [2.24, 2.45) is 0 Å². The van der Waals surface area contributed by atoms with Gasteiger partial charge in [0, 0.05) is 22.3 Å². The molecule has 0 saturated heterocycles. The van der Waals surface area contributed by atoms with Gasteiger partial charge in [0.1, 0.15) is 11.6 Å². The van der Waals surface area contributed by atoms with Crippen molar-refractivity contribution < 1.29 is 13.9 Å². The van der Waals surface area contributed by atoms with Crippen molar-refractivity contribution >= 4 is 23.2 Å². The monoisotopic (exact) mass is 373 g/mol. The Morgan fingerprint density at radius 3 is 2.88 bits per heavy atom. The number of benzene rings is 2.